The minimum Gasteiger partial charge on any atom is -0.366 e. The average molecular weight is 294 g/mol. The summed E-state index contributed by atoms with van der Waals surface area (Å²) in [6.07, 6.45) is -4.61. The first kappa shape index (κ1) is 13.1. The van der Waals surface area contributed by atoms with Gasteiger partial charge in [0.2, 0.25) is 5.82 Å². The van der Waals surface area contributed by atoms with Crippen LogP contribution in [-0.4, -0.2) is 9.97 Å². The molecule has 0 aliphatic rings. The number of nitrogens with one attached hydrogen (secondary N) is 1. The molecule has 0 unspecified atom stereocenters. The number of hydrogen-bond acceptors (Lipinski definition) is 4. The summed E-state index contributed by atoms with van der Waals surface area (Å²) in [5.74, 6) is -1.20. The highest BCUT2D eigenvalue weighted by Crippen LogP contribution is 2.28. The summed E-state index contributed by atoms with van der Waals surface area (Å²) in [5, 5.41) is 6.30. The van der Waals surface area contributed by atoms with Crippen molar-refractivity contribution in [2.75, 3.05) is 5.32 Å². The van der Waals surface area contributed by atoms with Crippen LogP contribution in [0, 0.1) is 0 Å². The zero-order valence-electron chi connectivity index (χ0n) is 8.83. The van der Waals surface area contributed by atoms with Gasteiger partial charge in [-0.2, -0.15) is 24.5 Å². The molecule has 2 aromatic rings. The number of hydrogen-bond donors (Lipinski definition) is 1. The highest BCUT2D eigenvalue weighted by molar-refractivity contribution is 7.07. The van der Waals surface area contributed by atoms with Crippen molar-refractivity contribution in [3.63, 3.8) is 0 Å². The summed E-state index contributed by atoms with van der Waals surface area (Å²) in [7, 11) is 0. The van der Waals surface area contributed by atoms with Crippen LogP contribution in [0.25, 0.3) is 0 Å². The Balaban J connectivity index is 2.15. The number of rotatable bonds is 3. The number of halogens is 4. The number of alkyl halides is 3. The molecule has 3 nitrogen and oxygen atoms in total. The molecule has 0 fully saturated rings. The van der Waals surface area contributed by atoms with E-state index >= 15 is 0 Å². The number of nitrogens with zero attached hydrogens (tertiary/aromatic N) is 2. The van der Waals surface area contributed by atoms with Crippen LogP contribution in [0.5, 0.6) is 0 Å². The maximum absolute atomic E-state index is 12.5. The van der Waals surface area contributed by atoms with E-state index in [2.05, 4.69) is 15.3 Å². The topological polar surface area (TPSA) is 37.8 Å². The zero-order valence-corrected chi connectivity index (χ0v) is 10.4. The summed E-state index contributed by atoms with van der Waals surface area (Å²) in [6, 6.07) is 3.12. The molecule has 0 aliphatic heterocycles. The lowest BCUT2D eigenvalue weighted by molar-refractivity contribution is -0.144. The number of anilines is 1. The smallest absolute Gasteiger partial charge is 0.366 e. The largest absolute Gasteiger partial charge is 0.451 e. The molecule has 0 amide bonds. The second-order valence-electron chi connectivity index (χ2n) is 3.38. The van der Waals surface area contributed by atoms with Gasteiger partial charge in [0.25, 0.3) is 0 Å². The van der Waals surface area contributed by atoms with Gasteiger partial charge in [-0.3, -0.25) is 0 Å². The molecule has 0 radical (unpaired) electrons. The fourth-order valence-corrected chi connectivity index (χ4v) is 2.07. The third kappa shape index (κ3) is 3.33. The highest BCUT2D eigenvalue weighted by Gasteiger charge is 2.35. The van der Waals surface area contributed by atoms with Crippen molar-refractivity contribution in [1.29, 1.82) is 0 Å². The minimum absolute atomic E-state index is 0.0496. The van der Waals surface area contributed by atoms with Crippen molar-refractivity contribution in [2.45, 2.75) is 12.7 Å². The van der Waals surface area contributed by atoms with E-state index in [1.54, 1.807) is 0 Å². The van der Waals surface area contributed by atoms with Crippen molar-refractivity contribution >= 4 is 28.8 Å². The van der Waals surface area contributed by atoms with Gasteiger partial charge in [-0.25, -0.2) is 9.97 Å². The van der Waals surface area contributed by atoms with Gasteiger partial charge in [0.1, 0.15) is 11.0 Å². The maximum atomic E-state index is 12.5. The summed E-state index contributed by atoms with van der Waals surface area (Å²) in [6.45, 7) is 0.383. The van der Waals surface area contributed by atoms with Gasteiger partial charge in [-0.1, -0.05) is 11.6 Å². The molecule has 2 heterocycles. The fourth-order valence-electron chi connectivity index (χ4n) is 1.22. The van der Waals surface area contributed by atoms with Crippen LogP contribution in [0.15, 0.2) is 22.9 Å². The van der Waals surface area contributed by atoms with Crippen molar-refractivity contribution < 1.29 is 13.2 Å². The third-order valence-corrected chi connectivity index (χ3v) is 2.93. The first-order valence-electron chi connectivity index (χ1n) is 4.82. The first-order valence-corrected chi connectivity index (χ1v) is 6.14. The Labute approximate surface area is 110 Å². The molecule has 0 spiro atoms. The summed E-state index contributed by atoms with van der Waals surface area (Å²) < 4.78 is 37.4. The van der Waals surface area contributed by atoms with Crippen LogP contribution in [0.1, 0.15) is 11.4 Å². The fraction of sp³-hybridized carbons (Fsp3) is 0.200. The second kappa shape index (κ2) is 5.11. The molecule has 0 aliphatic carbocycles. The first-order chi connectivity index (χ1) is 8.45. The zero-order chi connectivity index (χ0) is 13.2. The van der Waals surface area contributed by atoms with Crippen molar-refractivity contribution in [3.8, 4) is 0 Å². The molecule has 96 valence electrons. The van der Waals surface area contributed by atoms with Crippen LogP contribution in [-0.2, 0) is 12.7 Å². The normalized spacial score (nSPS) is 11.6. The monoisotopic (exact) mass is 293 g/mol. The molecular formula is C10H7ClF3N3S. The summed E-state index contributed by atoms with van der Waals surface area (Å²) in [5.41, 5.74) is 0.961. The lowest BCUT2D eigenvalue weighted by atomic mass is 10.3. The predicted molar refractivity (Wildman–Crippen MR) is 63.7 cm³/mol. The van der Waals surface area contributed by atoms with Crippen LogP contribution < -0.4 is 5.32 Å². The number of aromatic nitrogens is 2. The van der Waals surface area contributed by atoms with Gasteiger partial charge >= 0.3 is 6.18 Å². The Morgan fingerprint density at radius 2 is 2.11 bits per heavy atom. The van der Waals surface area contributed by atoms with E-state index in [1.807, 2.05) is 16.8 Å². The molecular weight excluding hydrogens is 287 g/mol. The van der Waals surface area contributed by atoms with E-state index in [4.69, 9.17) is 11.6 Å². The highest BCUT2D eigenvalue weighted by atomic mass is 35.5. The van der Waals surface area contributed by atoms with Crippen molar-refractivity contribution in [1.82, 2.24) is 9.97 Å². The summed E-state index contributed by atoms with van der Waals surface area (Å²) >= 11 is 7.03. The van der Waals surface area contributed by atoms with E-state index in [9.17, 15) is 13.2 Å². The summed E-state index contributed by atoms with van der Waals surface area (Å²) in [4.78, 5) is 6.52. The van der Waals surface area contributed by atoms with E-state index in [0.717, 1.165) is 5.56 Å². The standard InChI is InChI=1S/C10H7ClF3N3S/c11-7-3-8(15-4-6-1-2-18-5-6)17-9(16-7)10(12,13)14/h1-3,5H,4H2,(H,15,16,17). The lowest BCUT2D eigenvalue weighted by Gasteiger charge is -2.09. The lowest BCUT2D eigenvalue weighted by Crippen LogP contribution is -2.13. The minimum atomic E-state index is -4.61. The van der Waals surface area contributed by atoms with Crippen LogP contribution in [0.3, 0.4) is 0 Å². The average Bonchev–Trinajstić information content (AvgIpc) is 2.77. The van der Waals surface area contributed by atoms with E-state index in [0.29, 0.717) is 6.54 Å². The van der Waals surface area contributed by atoms with Gasteiger partial charge in [0.05, 0.1) is 0 Å². The van der Waals surface area contributed by atoms with Crippen molar-refractivity contribution in [3.05, 3.63) is 39.4 Å². The Morgan fingerprint density at radius 3 is 2.72 bits per heavy atom. The second-order valence-corrected chi connectivity index (χ2v) is 4.55. The Hall–Kier alpha value is -1.34. The van der Waals surface area contributed by atoms with Gasteiger partial charge < -0.3 is 5.32 Å². The van der Waals surface area contributed by atoms with Gasteiger partial charge in [-0.05, 0) is 22.4 Å². The molecule has 2 rings (SSSR count). The van der Waals surface area contributed by atoms with Crippen LogP contribution >= 0.6 is 22.9 Å². The molecule has 0 saturated carbocycles. The quantitative estimate of drug-likeness (QED) is 0.874. The van der Waals surface area contributed by atoms with E-state index in [1.165, 1.54) is 17.4 Å². The Morgan fingerprint density at radius 1 is 1.33 bits per heavy atom. The van der Waals surface area contributed by atoms with Crippen LogP contribution in [0.4, 0.5) is 19.0 Å². The van der Waals surface area contributed by atoms with E-state index < -0.39 is 12.0 Å². The maximum Gasteiger partial charge on any atom is 0.451 e. The predicted octanol–water partition coefficient (Wildman–Crippen LogP) is 3.82. The van der Waals surface area contributed by atoms with Crippen molar-refractivity contribution in [2.24, 2.45) is 0 Å². The third-order valence-electron chi connectivity index (χ3n) is 2.00. The van der Waals surface area contributed by atoms with Gasteiger partial charge in [0.15, 0.2) is 0 Å². The molecule has 0 bridgehead atoms. The Kier molecular flexibility index (Phi) is 3.72. The molecule has 8 heteroatoms. The SMILES string of the molecule is FC(F)(F)c1nc(Cl)cc(NCc2ccsc2)n1. The molecule has 1 N–H and O–H groups in total. The molecule has 0 atom stereocenters. The molecule has 0 aromatic carbocycles. The van der Waals surface area contributed by atoms with E-state index in [-0.39, 0.29) is 11.0 Å². The molecule has 2 aromatic heterocycles. The number of thiophene rings is 1. The Bertz CT molecular complexity index is 528. The molecule has 0 saturated heterocycles. The molecule has 18 heavy (non-hydrogen) atoms. The van der Waals surface area contributed by atoms with Gasteiger partial charge in [-0.15, -0.1) is 0 Å². The van der Waals surface area contributed by atoms with Gasteiger partial charge in [0, 0.05) is 12.6 Å². The van der Waals surface area contributed by atoms with Crippen LogP contribution in [0.2, 0.25) is 5.15 Å².